The van der Waals surface area contributed by atoms with E-state index in [1.165, 1.54) is 0 Å². The zero-order chi connectivity index (χ0) is 15.5. The van der Waals surface area contributed by atoms with Crippen LogP contribution in [-0.2, 0) is 9.53 Å². The number of carboxylic acid groups (broad SMARTS) is 1. The molecule has 8 N–H and O–H groups in total. The van der Waals surface area contributed by atoms with Crippen LogP contribution >= 0.6 is 0 Å². The molecule has 0 aromatic carbocycles. The molecule has 118 valence electrons. The van der Waals surface area contributed by atoms with E-state index in [9.17, 15) is 25.2 Å². The third-order valence-corrected chi connectivity index (χ3v) is 3.16. The van der Waals surface area contributed by atoms with Crippen molar-refractivity contribution in [2.24, 2.45) is 0 Å². The Morgan fingerprint density at radius 3 is 2.45 bits per heavy atom. The second-order valence-corrected chi connectivity index (χ2v) is 4.57. The Bertz CT molecular complexity index is 341. The summed E-state index contributed by atoms with van der Waals surface area (Å²) in [6, 6.07) is -1.14. The van der Waals surface area contributed by atoms with Gasteiger partial charge in [0.05, 0.1) is 25.5 Å². The van der Waals surface area contributed by atoms with E-state index in [1.54, 1.807) is 0 Å². The predicted octanol–water partition coefficient (Wildman–Crippen LogP) is -4.47. The first-order valence-corrected chi connectivity index (χ1v) is 5.89. The summed E-state index contributed by atoms with van der Waals surface area (Å²) in [6.07, 6.45) is -7.19. The van der Waals surface area contributed by atoms with Crippen LogP contribution in [-0.4, -0.2) is 91.3 Å². The zero-order valence-electron chi connectivity index (χ0n) is 10.5. The van der Waals surface area contributed by atoms with Gasteiger partial charge in [0.1, 0.15) is 18.3 Å². The van der Waals surface area contributed by atoms with Crippen LogP contribution in [0.5, 0.6) is 0 Å². The summed E-state index contributed by atoms with van der Waals surface area (Å²) in [4.78, 5) is 10.9. The number of carboxylic acids is 1. The Balaban J connectivity index is 3.00. The highest BCUT2D eigenvalue weighted by molar-refractivity contribution is 5.75. The predicted molar refractivity (Wildman–Crippen MR) is 61.2 cm³/mol. The summed E-state index contributed by atoms with van der Waals surface area (Å²) in [5.74, 6) is -4.51. The fourth-order valence-corrected chi connectivity index (χ4v) is 2.08. The summed E-state index contributed by atoms with van der Waals surface area (Å²) in [7, 11) is 0. The molecule has 3 unspecified atom stereocenters. The molecule has 0 saturated carbocycles. The largest absolute Gasteiger partial charge is 0.477 e. The normalized spacial score (nSPS) is 37.4. The number of ether oxygens (including phenoxy) is 1. The molecule has 0 aliphatic carbocycles. The van der Waals surface area contributed by atoms with Gasteiger partial charge < -0.3 is 40.5 Å². The zero-order valence-corrected chi connectivity index (χ0v) is 10.5. The van der Waals surface area contributed by atoms with Gasteiger partial charge in [0.25, 0.3) is 5.79 Å². The number of hydrogen-bond acceptors (Lipinski definition) is 9. The number of aliphatic carboxylic acids is 1. The quantitative estimate of drug-likeness (QED) is 0.223. The Labute approximate surface area is 113 Å². The summed E-state index contributed by atoms with van der Waals surface area (Å²) >= 11 is 0. The van der Waals surface area contributed by atoms with Crippen LogP contribution in [0.3, 0.4) is 0 Å². The van der Waals surface area contributed by atoms with Crippen molar-refractivity contribution < 1.29 is 45.3 Å². The van der Waals surface area contributed by atoms with Crippen LogP contribution < -0.4 is 5.32 Å². The van der Waals surface area contributed by atoms with E-state index in [4.69, 9.17) is 20.1 Å². The molecule has 0 aromatic rings. The summed E-state index contributed by atoms with van der Waals surface area (Å²) in [5.41, 5.74) is 0. The van der Waals surface area contributed by atoms with E-state index in [-0.39, 0.29) is 0 Å². The Morgan fingerprint density at radius 1 is 1.40 bits per heavy atom. The maximum atomic E-state index is 10.9. The van der Waals surface area contributed by atoms with E-state index in [2.05, 4.69) is 5.32 Å². The van der Waals surface area contributed by atoms with E-state index < -0.39 is 62.0 Å². The fraction of sp³-hybridized carbons (Fsp3) is 0.900. The molecule has 1 aliphatic heterocycles. The minimum atomic E-state index is -2.74. The van der Waals surface area contributed by atoms with Gasteiger partial charge in [-0.15, -0.1) is 0 Å². The third-order valence-electron chi connectivity index (χ3n) is 3.16. The average Bonchev–Trinajstić information content (AvgIpc) is 2.39. The Kier molecular flexibility index (Phi) is 5.79. The van der Waals surface area contributed by atoms with Crippen LogP contribution in [0.25, 0.3) is 0 Å². The molecule has 20 heavy (non-hydrogen) atoms. The van der Waals surface area contributed by atoms with Gasteiger partial charge in [0, 0.05) is 6.42 Å². The number of aliphatic hydroxyl groups excluding tert-OH is 5. The molecule has 0 amide bonds. The first kappa shape index (κ1) is 17.2. The number of carbonyl (C=O) groups is 1. The standard InChI is InChI=1S/C10H19NO9/c12-2-5(15)7(16)8-6(11-3-13)4(14)1-10(19,20-8)9(17)18/h4-8,11-16,19H,1-3H2,(H,17,18)/t4-,5?,6+,7?,8+,10?/m0/s1. The summed E-state index contributed by atoms with van der Waals surface area (Å²) in [5, 5.41) is 67.6. The summed E-state index contributed by atoms with van der Waals surface area (Å²) < 4.78 is 4.86. The topological polar surface area (TPSA) is 180 Å². The third kappa shape index (κ3) is 3.42. The van der Waals surface area contributed by atoms with Gasteiger partial charge in [-0.2, -0.15) is 0 Å². The molecule has 6 atom stereocenters. The minimum absolute atomic E-state index is 0.616. The monoisotopic (exact) mass is 297 g/mol. The van der Waals surface area contributed by atoms with E-state index in [1.807, 2.05) is 0 Å². The molecule has 0 aromatic heterocycles. The highest BCUT2D eigenvalue weighted by Crippen LogP contribution is 2.30. The number of hydrogen-bond donors (Lipinski definition) is 8. The first-order valence-electron chi connectivity index (χ1n) is 5.89. The van der Waals surface area contributed by atoms with E-state index in [0.717, 1.165) is 0 Å². The molecule has 10 nitrogen and oxygen atoms in total. The van der Waals surface area contributed by atoms with Crippen LogP contribution in [0.4, 0.5) is 0 Å². The molecule has 1 saturated heterocycles. The summed E-state index contributed by atoms with van der Waals surface area (Å²) in [6.45, 7) is -1.45. The van der Waals surface area contributed by atoms with Gasteiger partial charge in [0.2, 0.25) is 0 Å². The van der Waals surface area contributed by atoms with Crippen molar-refractivity contribution in [3.8, 4) is 0 Å². The Hall–Kier alpha value is -0.850. The van der Waals surface area contributed by atoms with Crippen molar-refractivity contribution in [3.63, 3.8) is 0 Å². The van der Waals surface area contributed by atoms with Crippen molar-refractivity contribution in [2.45, 2.75) is 42.7 Å². The van der Waals surface area contributed by atoms with Crippen molar-refractivity contribution in [2.75, 3.05) is 13.3 Å². The molecule has 0 spiro atoms. The first-order chi connectivity index (χ1) is 9.26. The molecule has 1 rings (SSSR count). The van der Waals surface area contributed by atoms with Gasteiger partial charge in [-0.25, -0.2) is 4.79 Å². The van der Waals surface area contributed by atoms with Gasteiger partial charge in [-0.1, -0.05) is 0 Å². The van der Waals surface area contributed by atoms with Crippen molar-refractivity contribution in [1.82, 2.24) is 5.32 Å². The van der Waals surface area contributed by atoms with Gasteiger partial charge in [-0.05, 0) is 0 Å². The lowest BCUT2D eigenvalue weighted by Crippen LogP contribution is -2.66. The molecule has 10 heteroatoms. The second-order valence-electron chi connectivity index (χ2n) is 4.57. The lowest BCUT2D eigenvalue weighted by Gasteiger charge is -2.44. The van der Waals surface area contributed by atoms with E-state index >= 15 is 0 Å². The van der Waals surface area contributed by atoms with E-state index in [0.29, 0.717) is 0 Å². The molecule has 1 heterocycles. The fourth-order valence-electron chi connectivity index (χ4n) is 2.08. The average molecular weight is 297 g/mol. The number of rotatable bonds is 6. The molecular weight excluding hydrogens is 278 g/mol. The highest BCUT2D eigenvalue weighted by atomic mass is 16.7. The van der Waals surface area contributed by atoms with Gasteiger partial charge in [0.15, 0.2) is 0 Å². The lowest BCUT2D eigenvalue weighted by atomic mass is 9.89. The van der Waals surface area contributed by atoms with Crippen molar-refractivity contribution in [1.29, 1.82) is 0 Å². The van der Waals surface area contributed by atoms with Crippen molar-refractivity contribution >= 4 is 5.97 Å². The van der Waals surface area contributed by atoms with Crippen LogP contribution in [0.2, 0.25) is 0 Å². The van der Waals surface area contributed by atoms with Gasteiger partial charge in [-0.3, -0.25) is 5.32 Å². The smallest absolute Gasteiger partial charge is 0.364 e. The maximum absolute atomic E-state index is 10.9. The highest BCUT2D eigenvalue weighted by Gasteiger charge is 2.53. The maximum Gasteiger partial charge on any atom is 0.364 e. The number of aliphatic hydroxyl groups is 6. The molecule has 1 aliphatic rings. The molecule has 0 bridgehead atoms. The van der Waals surface area contributed by atoms with Crippen LogP contribution in [0.15, 0.2) is 0 Å². The lowest BCUT2D eigenvalue weighted by molar-refractivity contribution is -0.296. The molecular formula is C10H19NO9. The molecule has 1 fully saturated rings. The number of nitrogens with one attached hydrogen (secondary N) is 1. The minimum Gasteiger partial charge on any atom is -0.477 e. The van der Waals surface area contributed by atoms with Crippen LogP contribution in [0.1, 0.15) is 6.42 Å². The SMILES string of the molecule is O=C(O)C1(O)C[C@H](O)[C@@H](NCO)[C@H](C(O)C(O)CO)O1. The van der Waals surface area contributed by atoms with Crippen molar-refractivity contribution in [3.05, 3.63) is 0 Å². The molecule has 0 radical (unpaired) electrons. The Morgan fingerprint density at radius 2 is 2.00 bits per heavy atom. The second kappa shape index (κ2) is 6.74. The van der Waals surface area contributed by atoms with Gasteiger partial charge >= 0.3 is 5.97 Å². The van der Waals surface area contributed by atoms with Crippen LogP contribution in [0, 0.1) is 0 Å².